The van der Waals surface area contributed by atoms with E-state index in [1.807, 2.05) is 0 Å². The third-order valence-corrected chi connectivity index (χ3v) is 7.28. The Hall–Kier alpha value is -2.73. The van der Waals surface area contributed by atoms with Crippen LogP contribution in [0.1, 0.15) is 26.7 Å². The van der Waals surface area contributed by atoms with E-state index in [0.717, 1.165) is 28.6 Å². The van der Waals surface area contributed by atoms with Gasteiger partial charge in [0.1, 0.15) is 17.9 Å². The van der Waals surface area contributed by atoms with Crippen LogP contribution in [0.15, 0.2) is 29.2 Å². The van der Waals surface area contributed by atoms with Crippen LogP contribution in [0.25, 0.3) is 0 Å². The van der Waals surface area contributed by atoms with Gasteiger partial charge in [0.2, 0.25) is 21.8 Å². The van der Waals surface area contributed by atoms with Gasteiger partial charge in [-0.1, -0.05) is 0 Å². The number of piperazine rings is 1. The number of carbonyl (C=O) groups is 3. The largest absolute Gasteiger partial charge is 0.354 e. The van der Waals surface area contributed by atoms with E-state index in [0.29, 0.717) is 19.4 Å². The van der Waals surface area contributed by atoms with Crippen LogP contribution in [-0.4, -0.2) is 79.8 Å². The highest BCUT2D eigenvalue weighted by Crippen LogP contribution is 2.23. The first-order valence-electron chi connectivity index (χ1n) is 10.5. The van der Waals surface area contributed by atoms with Gasteiger partial charge in [0.15, 0.2) is 0 Å². The predicted molar refractivity (Wildman–Crippen MR) is 113 cm³/mol. The van der Waals surface area contributed by atoms with Crippen molar-refractivity contribution >= 4 is 27.9 Å². The number of amides is 4. The minimum atomic E-state index is -4.15. The summed E-state index contributed by atoms with van der Waals surface area (Å²) in [6, 6.07) is 1.76. The first kappa shape index (κ1) is 23.9. The molecule has 2 aliphatic rings. The summed E-state index contributed by atoms with van der Waals surface area (Å²) in [6.07, 6.45) is 1.12. The molecule has 32 heavy (non-hydrogen) atoms. The number of nitrogens with one attached hydrogen (secondary N) is 3. The highest BCUT2D eigenvalue weighted by Gasteiger charge is 2.42. The van der Waals surface area contributed by atoms with Crippen molar-refractivity contribution in [3.8, 4) is 0 Å². The lowest BCUT2D eigenvalue weighted by Gasteiger charge is -2.40. The molecule has 176 valence electrons. The maximum absolute atomic E-state index is 13.3. The molecule has 0 aliphatic carbocycles. The van der Waals surface area contributed by atoms with Gasteiger partial charge in [-0.05, 0) is 51.0 Å². The number of hydrogen-bond donors (Lipinski definition) is 3. The lowest BCUT2D eigenvalue weighted by atomic mass is 10.1. The van der Waals surface area contributed by atoms with Gasteiger partial charge in [0.25, 0.3) is 0 Å². The molecule has 1 aromatic carbocycles. The fraction of sp³-hybridized carbons (Fsp3) is 0.550. The molecule has 0 saturated carbocycles. The second-order valence-corrected chi connectivity index (χ2v) is 10.0. The van der Waals surface area contributed by atoms with E-state index < -0.39 is 39.9 Å². The van der Waals surface area contributed by atoms with Crippen LogP contribution < -0.4 is 16.0 Å². The number of halogens is 1. The van der Waals surface area contributed by atoms with E-state index in [-0.39, 0.29) is 36.5 Å². The predicted octanol–water partition coefficient (Wildman–Crippen LogP) is 0.0134. The van der Waals surface area contributed by atoms with Gasteiger partial charge in [-0.25, -0.2) is 17.6 Å². The Bertz CT molecular complexity index is 969. The standard InChI is InChI=1S/C20H28FN5O5S/c1-13(2)23-20(29)25-10-11-26(32(30,31)15-7-5-14(21)6-8-15)17(12-25)19(28)24-16-4-3-9-22-18(16)27/h5-8,13,16-17H,3-4,9-12H2,1-2H3,(H,22,27)(H,23,29)(H,24,28)/t16-,17-/m1/s1. The number of carbonyl (C=O) groups excluding carboxylic acids is 3. The van der Waals surface area contributed by atoms with Crippen molar-refractivity contribution in [2.75, 3.05) is 26.2 Å². The lowest BCUT2D eigenvalue weighted by molar-refractivity contribution is -0.132. The van der Waals surface area contributed by atoms with Crippen molar-refractivity contribution in [2.45, 2.75) is 49.7 Å². The third kappa shape index (κ3) is 5.36. The van der Waals surface area contributed by atoms with E-state index in [1.165, 1.54) is 4.90 Å². The van der Waals surface area contributed by atoms with Crippen LogP contribution in [0, 0.1) is 5.82 Å². The van der Waals surface area contributed by atoms with Crippen molar-refractivity contribution < 1.29 is 27.2 Å². The Morgan fingerprint density at radius 3 is 2.50 bits per heavy atom. The van der Waals surface area contributed by atoms with E-state index in [4.69, 9.17) is 0 Å². The molecule has 0 aromatic heterocycles. The second kappa shape index (κ2) is 9.82. The van der Waals surface area contributed by atoms with E-state index in [2.05, 4.69) is 16.0 Å². The molecule has 2 aliphatic heterocycles. The summed E-state index contributed by atoms with van der Waals surface area (Å²) >= 11 is 0. The maximum Gasteiger partial charge on any atom is 0.317 e. The van der Waals surface area contributed by atoms with Crippen LogP contribution in [0.4, 0.5) is 9.18 Å². The zero-order chi connectivity index (χ0) is 23.5. The second-order valence-electron chi connectivity index (χ2n) is 8.13. The molecule has 10 nitrogen and oxygen atoms in total. The van der Waals surface area contributed by atoms with Gasteiger partial charge in [0, 0.05) is 32.2 Å². The minimum Gasteiger partial charge on any atom is -0.354 e. The molecule has 0 spiro atoms. The Morgan fingerprint density at radius 1 is 1.19 bits per heavy atom. The Kier molecular flexibility index (Phi) is 7.34. The number of hydrogen-bond acceptors (Lipinski definition) is 5. The fourth-order valence-corrected chi connectivity index (χ4v) is 5.28. The van der Waals surface area contributed by atoms with E-state index in [1.54, 1.807) is 13.8 Å². The number of rotatable bonds is 5. The lowest BCUT2D eigenvalue weighted by Crippen LogP contribution is -2.64. The summed E-state index contributed by atoms with van der Waals surface area (Å²) in [4.78, 5) is 38.9. The van der Waals surface area contributed by atoms with Gasteiger partial charge in [-0.3, -0.25) is 9.59 Å². The normalized spacial score (nSPS) is 22.4. The molecule has 0 bridgehead atoms. The molecule has 12 heteroatoms. The average molecular weight is 470 g/mol. The Balaban J connectivity index is 1.87. The Labute approximate surface area is 186 Å². The summed E-state index contributed by atoms with van der Waals surface area (Å²) in [5, 5.41) is 8.03. The van der Waals surface area contributed by atoms with Crippen LogP contribution in [-0.2, 0) is 19.6 Å². The van der Waals surface area contributed by atoms with Gasteiger partial charge >= 0.3 is 6.03 Å². The molecule has 0 radical (unpaired) electrons. The van der Waals surface area contributed by atoms with Gasteiger partial charge in [-0.15, -0.1) is 0 Å². The number of sulfonamides is 1. The van der Waals surface area contributed by atoms with E-state index >= 15 is 0 Å². The van der Waals surface area contributed by atoms with E-state index in [9.17, 15) is 27.2 Å². The van der Waals surface area contributed by atoms with Crippen molar-refractivity contribution in [3.05, 3.63) is 30.1 Å². The number of piperidine rings is 1. The average Bonchev–Trinajstić information content (AvgIpc) is 2.74. The molecule has 3 rings (SSSR count). The Morgan fingerprint density at radius 2 is 1.88 bits per heavy atom. The molecule has 2 atom stereocenters. The molecule has 2 heterocycles. The zero-order valence-electron chi connectivity index (χ0n) is 18.0. The van der Waals surface area contributed by atoms with Gasteiger partial charge in [-0.2, -0.15) is 4.31 Å². The van der Waals surface area contributed by atoms with Crippen molar-refractivity contribution in [2.24, 2.45) is 0 Å². The van der Waals surface area contributed by atoms with Crippen LogP contribution in [0.2, 0.25) is 0 Å². The smallest absolute Gasteiger partial charge is 0.317 e. The zero-order valence-corrected chi connectivity index (χ0v) is 18.8. The van der Waals surface area contributed by atoms with Crippen molar-refractivity contribution in [3.63, 3.8) is 0 Å². The number of urea groups is 1. The SMILES string of the molecule is CC(C)NC(=O)N1CCN(S(=O)(=O)c2ccc(F)cc2)[C@@H](C(=O)N[C@@H]2CCCNC2=O)C1. The molecular formula is C20H28FN5O5S. The molecule has 2 saturated heterocycles. The molecule has 4 amide bonds. The van der Waals surface area contributed by atoms with Crippen molar-refractivity contribution in [1.82, 2.24) is 25.2 Å². The van der Waals surface area contributed by atoms with Crippen LogP contribution in [0.5, 0.6) is 0 Å². The highest BCUT2D eigenvalue weighted by molar-refractivity contribution is 7.89. The topological polar surface area (TPSA) is 128 Å². The van der Waals surface area contributed by atoms with Crippen LogP contribution >= 0.6 is 0 Å². The quantitative estimate of drug-likeness (QED) is 0.560. The van der Waals surface area contributed by atoms with Crippen molar-refractivity contribution in [1.29, 1.82) is 0 Å². The molecular weight excluding hydrogens is 441 g/mol. The summed E-state index contributed by atoms with van der Waals surface area (Å²) in [5.41, 5.74) is 0. The molecule has 3 N–H and O–H groups in total. The molecule has 2 fully saturated rings. The highest BCUT2D eigenvalue weighted by atomic mass is 32.2. The first-order valence-corrected chi connectivity index (χ1v) is 11.9. The number of benzene rings is 1. The molecule has 1 aromatic rings. The number of nitrogens with zero attached hydrogens (tertiary/aromatic N) is 2. The minimum absolute atomic E-state index is 0.0761. The van der Waals surface area contributed by atoms with Gasteiger partial charge in [0.05, 0.1) is 4.90 Å². The fourth-order valence-electron chi connectivity index (χ4n) is 3.71. The summed E-state index contributed by atoms with van der Waals surface area (Å²) in [7, 11) is -4.15. The summed E-state index contributed by atoms with van der Waals surface area (Å²) < 4.78 is 40.8. The molecule has 0 unspecified atom stereocenters. The summed E-state index contributed by atoms with van der Waals surface area (Å²) in [5.74, 6) is -1.58. The van der Waals surface area contributed by atoms with Crippen LogP contribution in [0.3, 0.4) is 0 Å². The monoisotopic (exact) mass is 469 g/mol. The maximum atomic E-state index is 13.3. The summed E-state index contributed by atoms with van der Waals surface area (Å²) in [6.45, 7) is 3.87. The van der Waals surface area contributed by atoms with Gasteiger partial charge < -0.3 is 20.9 Å². The third-order valence-electron chi connectivity index (χ3n) is 5.36. The first-order chi connectivity index (χ1) is 15.1.